The number of carbonyl (C=O) groups excluding carboxylic acids is 1. The Bertz CT molecular complexity index is 696. The molecule has 0 fully saturated rings. The second-order valence-corrected chi connectivity index (χ2v) is 5.13. The molecule has 0 heterocycles. The fraction of sp³-hybridized carbons (Fsp3) is 0.294. The van der Waals surface area contributed by atoms with Crippen molar-refractivity contribution in [3.05, 3.63) is 42.0 Å². The molecule has 5 heteroatoms. The molecule has 22 heavy (non-hydrogen) atoms. The van der Waals surface area contributed by atoms with Gasteiger partial charge in [0.25, 0.3) is 0 Å². The van der Waals surface area contributed by atoms with Crippen LogP contribution in [0.4, 0.5) is 0 Å². The topological polar surface area (TPSA) is 75.6 Å². The van der Waals surface area contributed by atoms with E-state index in [2.05, 4.69) is 5.32 Å². The lowest BCUT2D eigenvalue weighted by atomic mass is 9.97. The summed E-state index contributed by atoms with van der Waals surface area (Å²) in [4.78, 5) is 22.5. The molecular formula is C17H19NO4. The van der Waals surface area contributed by atoms with Gasteiger partial charge in [-0.05, 0) is 35.4 Å². The number of carboxylic acid groups (broad SMARTS) is 1. The van der Waals surface area contributed by atoms with Gasteiger partial charge in [-0.1, -0.05) is 24.3 Å². The van der Waals surface area contributed by atoms with E-state index in [-0.39, 0.29) is 24.8 Å². The first kappa shape index (κ1) is 15.8. The van der Waals surface area contributed by atoms with Gasteiger partial charge >= 0.3 is 5.97 Å². The second kappa shape index (κ2) is 6.93. The summed E-state index contributed by atoms with van der Waals surface area (Å²) in [6, 6.07) is 11.6. The smallest absolute Gasteiger partial charge is 0.305 e. The monoisotopic (exact) mass is 301 g/mol. The standard InChI is InChI=1S/C17H19NO4/c1-11(17(21)18-8-7-16(19)20)12-3-4-14-10-15(22-2)6-5-13(14)9-12/h3-6,9-11H,7-8H2,1-2H3,(H,18,21)(H,19,20). The van der Waals surface area contributed by atoms with E-state index in [1.54, 1.807) is 14.0 Å². The molecule has 2 N–H and O–H groups in total. The Hall–Kier alpha value is -2.56. The van der Waals surface area contributed by atoms with Crippen molar-refractivity contribution in [2.24, 2.45) is 0 Å². The fourth-order valence-corrected chi connectivity index (χ4v) is 2.24. The van der Waals surface area contributed by atoms with Crippen LogP contribution in [0.3, 0.4) is 0 Å². The van der Waals surface area contributed by atoms with Gasteiger partial charge in [0.15, 0.2) is 0 Å². The lowest BCUT2D eigenvalue weighted by molar-refractivity contribution is -0.136. The third-order valence-corrected chi connectivity index (χ3v) is 3.60. The molecule has 0 saturated heterocycles. The lowest BCUT2D eigenvalue weighted by Crippen LogP contribution is -2.29. The third-order valence-electron chi connectivity index (χ3n) is 3.60. The summed E-state index contributed by atoms with van der Waals surface area (Å²) in [7, 11) is 1.62. The van der Waals surface area contributed by atoms with Crippen LogP contribution in [0.15, 0.2) is 36.4 Å². The number of nitrogens with one attached hydrogen (secondary N) is 1. The molecule has 1 atom stereocenters. The van der Waals surface area contributed by atoms with Gasteiger partial charge in [0.2, 0.25) is 5.91 Å². The van der Waals surface area contributed by atoms with Crippen molar-refractivity contribution in [2.45, 2.75) is 19.3 Å². The van der Waals surface area contributed by atoms with Gasteiger partial charge < -0.3 is 15.2 Å². The van der Waals surface area contributed by atoms with Crippen LogP contribution >= 0.6 is 0 Å². The molecule has 1 amide bonds. The molecule has 0 spiro atoms. The largest absolute Gasteiger partial charge is 0.497 e. The average Bonchev–Trinajstić information content (AvgIpc) is 2.52. The maximum atomic E-state index is 12.0. The third kappa shape index (κ3) is 3.75. The van der Waals surface area contributed by atoms with Crippen LogP contribution in [0.25, 0.3) is 10.8 Å². The zero-order valence-corrected chi connectivity index (χ0v) is 12.6. The molecule has 0 radical (unpaired) electrons. The zero-order valence-electron chi connectivity index (χ0n) is 12.6. The summed E-state index contributed by atoms with van der Waals surface area (Å²) in [6.45, 7) is 1.95. The van der Waals surface area contributed by atoms with Crippen molar-refractivity contribution in [1.82, 2.24) is 5.32 Å². The number of carbonyl (C=O) groups is 2. The van der Waals surface area contributed by atoms with Crippen LogP contribution in [0.2, 0.25) is 0 Å². The summed E-state index contributed by atoms with van der Waals surface area (Å²) < 4.78 is 5.19. The Kier molecular flexibility index (Phi) is 4.99. The molecule has 0 bridgehead atoms. The Morgan fingerprint density at radius 1 is 1.18 bits per heavy atom. The molecule has 2 rings (SSSR count). The predicted molar refractivity (Wildman–Crippen MR) is 84.2 cm³/mol. The minimum absolute atomic E-state index is 0.0734. The molecule has 2 aromatic rings. The minimum Gasteiger partial charge on any atom is -0.497 e. The van der Waals surface area contributed by atoms with Crippen molar-refractivity contribution in [3.8, 4) is 5.75 Å². The normalized spacial score (nSPS) is 11.9. The highest BCUT2D eigenvalue weighted by Crippen LogP contribution is 2.25. The first-order valence-electron chi connectivity index (χ1n) is 7.08. The van der Waals surface area contributed by atoms with Gasteiger partial charge in [-0.3, -0.25) is 9.59 Å². The van der Waals surface area contributed by atoms with Crippen molar-refractivity contribution in [3.63, 3.8) is 0 Å². The summed E-state index contributed by atoms with van der Waals surface area (Å²) in [5.41, 5.74) is 0.894. The van der Waals surface area contributed by atoms with Gasteiger partial charge in [-0.25, -0.2) is 0 Å². The van der Waals surface area contributed by atoms with E-state index in [1.807, 2.05) is 36.4 Å². The highest BCUT2D eigenvalue weighted by Gasteiger charge is 2.15. The minimum atomic E-state index is -0.924. The Labute approximate surface area is 128 Å². The summed E-state index contributed by atoms with van der Waals surface area (Å²) in [6.07, 6.45) is -0.0734. The maximum Gasteiger partial charge on any atom is 0.305 e. The van der Waals surface area contributed by atoms with E-state index < -0.39 is 5.97 Å². The predicted octanol–water partition coefficient (Wildman–Crippen LogP) is 2.54. The molecule has 2 aromatic carbocycles. The van der Waals surface area contributed by atoms with E-state index in [9.17, 15) is 9.59 Å². The molecule has 0 saturated carbocycles. The van der Waals surface area contributed by atoms with E-state index in [0.29, 0.717) is 0 Å². The molecule has 0 aliphatic heterocycles. The van der Waals surface area contributed by atoms with Crippen LogP contribution in [0.5, 0.6) is 5.75 Å². The maximum absolute atomic E-state index is 12.0. The summed E-state index contributed by atoms with van der Waals surface area (Å²) in [5.74, 6) is -0.637. The molecule has 0 aromatic heterocycles. The SMILES string of the molecule is COc1ccc2cc(C(C)C(=O)NCCC(=O)O)ccc2c1. The van der Waals surface area contributed by atoms with E-state index in [1.165, 1.54) is 0 Å². The average molecular weight is 301 g/mol. The highest BCUT2D eigenvalue weighted by molar-refractivity contribution is 5.88. The fourth-order valence-electron chi connectivity index (χ4n) is 2.24. The van der Waals surface area contributed by atoms with Gasteiger partial charge in [-0.2, -0.15) is 0 Å². The second-order valence-electron chi connectivity index (χ2n) is 5.13. The zero-order chi connectivity index (χ0) is 16.1. The quantitative estimate of drug-likeness (QED) is 0.859. The molecule has 1 unspecified atom stereocenters. The van der Waals surface area contributed by atoms with Crippen LogP contribution in [0.1, 0.15) is 24.8 Å². The number of amides is 1. The van der Waals surface area contributed by atoms with Crippen LogP contribution in [0, 0.1) is 0 Å². The summed E-state index contributed by atoms with van der Waals surface area (Å²) in [5, 5.41) is 13.3. The Morgan fingerprint density at radius 2 is 1.86 bits per heavy atom. The van der Waals surface area contributed by atoms with Crippen molar-refractivity contribution in [1.29, 1.82) is 0 Å². The van der Waals surface area contributed by atoms with Crippen LogP contribution in [-0.4, -0.2) is 30.6 Å². The van der Waals surface area contributed by atoms with Crippen molar-refractivity contribution >= 4 is 22.6 Å². The number of carboxylic acids is 1. The first-order valence-corrected chi connectivity index (χ1v) is 7.08. The number of rotatable bonds is 6. The number of ether oxygens (including phenoxy) is 1. The van der Waals surface area contributed by atoms with E-state index in [0.717, 1.165) is 22.1 Å². The van der Waals surface area contributed by atoms with Gasteiger partial charge in [-0.15, -0.1) is 0 Å². The van der Waals surface area contributed by atoms with Crippen molar-refractivity contribution in [2.75, 3.05) is 13.7 Å². The van der Waals surface area contributed by atoms with E-state index in [4.69, 9.17) is 9.84 Å². The van der Waals surface area contributed by atoms with Gasteiger partial charge in [0, 0.05) is 6.54 Å². The van der Waals surface area contributed by atoms with Crippen molar-refractivity contribution < 1.29 is 19.4 Å². The number of benzene rings is 2. The Morgan fingerprint density at radius 3 is 2.55 bits per heavy atom. The highest BCUT2D eigenvalue weighted by atomic mass is 16.5. The first-order chi connectivity index (χ1) is 10.5. The molecular weight excluding hydrogens is 282 g/mol. The molecule has 116 valence electrons. The molecule has 0 aliphatic rings. The van der Waals surface area contributed by atoms with Gasteiger partial charge in [0.05, 0.1) is 19.4 Å². The molecule has 5 nitrogen and oxygen atoms in total. The number of methoxy groups -OCH3 is 1. The molecule has 0 aliphatic carbocycles. The number of hydrogen-bond acceptors (Lipinski definition) is 3. The lowest BCUT2D eigenvalue weighted by Gasteiger charge is -2.13. The summed E-state index contributed by atoms with van der Waals surface area (Å²) >= 11 is 0. The van der Waals surface area contributed by atoms with E-state index >= 15 is 0 Å². The number of aliphatic carboxylic acids is 1. The number of hydrogen-bond donors (Lipinski definition) is 2. The number of fused-ring (bicyclic) bond motifs is 1. The van der Waals surface area contributed by atoms with Crippen LogP contribution in [-0.2, 0) is 9.59 Å². The Balaban J connectivity index is 2.12. The van der Waals surface area contributed by atoms with Crippen LogP contribution < -0.4 is 10.1 Å². The van der Waals surface area contributed by atoms with Gasteiger partial charge in [0.1, 0.15) is 5.75 Å².